The molecule has 10 heteroatoms. The van der Waals surface area contributed by atoms with Crippen LogP contribution in [0.25, 0.3) is 11.3 Å². The maximum atomic E-state index is 11.9. The normalized spacial score (nSPS) is 13.8. The highest BCUT2D eigenvalue weighted by Gasteiger charge is 2.24. The van der Waals surface area contributed by atoms with Gasteiger partial charge in [-0.15, -0.1) is 0 Å². The van der Waals surface area contributed by atoms with Crippen molar-refractivity contribution in [3.63, 3.8) is 0 Å². The first-order valence-corrected chi connectivity index (χ1v) is 12.0. The van der Waals surface area contributed by atoms with E-state index in [1.54, 1.807) is 19.2 Å². The van der Waals surface area contributed by atoms with Gasteiger partial charge in [0, 0.05) is 43.2 Å². The van der Waals surface area contributed by atoms with Gasteiger partial charge in [0.2, 0.25) is 5.95 Å². The molecule has 2 aromatic carbocycles. The highest BCUT2D eigenvalue weighted by Crippen LogP contribution is 2.30. The van der Waals surface area contributed by atoms with Crippen LogP contribution in [-0.4, -0.2) is 53.3 Å². The van der Waals surface area contributed by atoms with Crippen molar-refractivity contribution in [2.24, 2.45) is 0 Å². The maximum Gasteiger partial charge on any atom is 0.306 e. The van der Waals surface area contributed by atoms with Crippen LogP contribution in [0.3, 0.4) is 0 Å². The van der Waals surface area contributed by atoms with Crippen LogP contribution in [-0.2, 0) is 14.3 Å². The summed E-state index contributed by atoms with van der Waals surface area (Å²) in [5, 5.41) is 12.5. The van der Waals surface area contributed by atoms with Crippen LogP contribution in [0, 0.1) is 0 Å². The van der Waals surface area contributed by atoms with E-state index in [0.29, 0.717) is 42.7 Å². The van der Waals surface area contributed by atoms with Crippen LogP contribution < -0.4 is 15.0 Å². The predicted molar refractivity (Wildman–Crippen MR) is 137 cm³/mol. The lowest BCUT2D eigenvalue weighted by atomic mass is 10.1. The first kappa shape index (κ1) is 25.2. The van der Waals surface area contributed by atoms with Gasteiger partial charge in [-0.05, 0) is 18.2 Å². The Kier molecular flexibility index (Phi) is 8.22. The maximum absolute atomic E-state index is 11.9. The predicted octanol–water partition coefficient (Wildman–Crippen LogP) is 4.93. The van der Waals surface area contributed by atoms with Gasteiger partial charge in [0.05, 0.1) is 30.7 Å². The highest BCUT2D eigenvalue weighted by molar-refractivity contribution is 6.32. The number of hydrogen-bond acceptors (Lipinski definition) is 8. The Bertz CT molecular complexity index is 1220. The average molecular weight is 511 g/mol. The highest BCUT2D eigenvalue weighted by atomic mass is 35.5. The number of aromatic nitrogens is 2. The Labute approximate surface area is 214 Å². The third-order valence-corrected chi connectivity index (χ3v) is 6.09. The molecule has 1 saturated heterocycles. The van der Waals surface area contributed by atoms with E-state index in [9.17, 15) is 9.59 Å². The number of esters is 1. The number of hydrogen-bond donors (Lipinski definition) is 2. The summed E-state index contributed by atoms with van der Waals surface area (Å²) in [5.41, 5.74) is 2.45. The van der Waals surface area contributed by atoms with E-state index in [-0.39, 0.29) is 18.9 Å². The van der Waals surface area contributed by atoms with Crippen molar-refractivity contribution in [3.8, 4) is 17.0 Å². The number of piperidine rings is 1. The van der Waals surface area contributed by atoms with Gasteiger partial charge in [-0.1, -0.05) is 41.9 Å². The molecule has 1 aliphatic heterocycles. The molecule has 0 aliphatic carbocycles. The summed E-state index contributed by atoms with van der Waals surface area (Å²) < 4.78 is 10.7. The number of nitrogens with one attached hydrogen (secondary N) is 1. The molecule has 0 saturated carbocycles. The number of rotatable bonds is 9. The Morgan fingerprint density at radius 3 is 2.50 bits per heavy atom. The molecular formula is C26H27ClN4O5. The zero-order valence-electron chi connectivity index (χ0n) is 19.8. The summed E-state index contributed by atoms with van der Waals surface area (Å²) in [5.74, 6) is 0.264. The lowest BCUT2D eigenvalue weighted by Gasteiger charge is -2.32. The van der Waals surface area contributed by atoms with Crippen molar-refractivity contribution in [1.29, 1.82) is 0 Å². The summed E-state index contributed by atoms with van der Waals surface area (Å²) in [6.07, 6.45) is 0.667. The second kappa shape index (κ2) is 11.7. The minimum atomic E-state index is -1.01. The van der Waals surface area contributed by atoms with Crippen molar-refractivity contribution < 1.29 is 24.2 Å². The molecule has 9 nitrogen and oxygen atoms in total. The minimum absolute atomic E-state index is 0.119. The third-order valence-electron chi connectivity index (χ3n) is 5.80. The molecule has 0 radical (unpaired) electrons. The number of carbonyl (C=O) groups is 2. The van der Waals surface area contributed by atoms with Crippen LogP contribution in [0.5, 0.6) is 5.75 Å². The molecule has 1 fully saturated rings. The van der Waals surface area contributed by atoms with Crippen LogP contribution in [0.15, 0.2) is 54.6 Å². The summed E-state index contributed by atoms with van der Waals surface area (Å²) in [4.78, 5) is 34.2. The third kappa shape index (κ3) is 6.63. The summed E-state index contributed by atoms with van der Waals surface area (Å²) in [7, 11) is 1.56. The van der Waals surface area contributed by atoms with Crippen LogP contribution in [0.4, 0.5) is 17.5 Å². The lowest BCUT2D eigenvalue weighted by Crippen LogP contribution is -2.38. The summed E-state index contributed by atoms with van der Waals surface area (Å²) in [6, 6.07) is 17.2. The van der Waals surface area contributed by atoms with E-state index in [2.05, 4.69) is 10.2 Å². The molecule has 0 bridgehead atoms. The largest absolute Gasteiger partial charge is 0.495 e. The first-order chi connectivity index (χ1) is 17.4. The van der Waals surface area contributed by atoms with E-state index < -0.39 is 11.9 Å². The van der Waals surface area contributed by atoms with Crippen molar-refractivity contribution in [2.75, 3.05) is 30.4 Å². The molecule has 4 rings (SSSR count). The number of carboxylic acids is 1. The van der Waals surface area contributed by atoms with Gasteiger partial charge in [-0.3, -0.25) is 9.59 Å². The quantitative estimate of drug-likeness (QED) is 0.387. The molecule has 3 aromatic rings. The molecule has 0 unspecified atom stereocenters. The zero-order valence-corrected chi connectivity index (χ0v) is 20.6. The summed E-state index contributed by atoms with van der Waals surface area (Å²) >= 11 is 6.28. The lowest BCUT2D eigenvalue weighted by molar-refractivity contribution is -0.152. The number of benzene rings is 2. The van der Waals surface area contributed by atoms with Gasteiger partial charge in [0.25, 0.3) is 0 Å². The Balaban J connectivity index is 1.51. The number of carboxylic acid groups (broad SMARTS) is 1. The average Bonchev–Trinajstić information content (AvgIpc) is 2.88. The molecule has 188 valence electrons. The van der Waals surface area contributed by atoms with Crippen molar-refractivity contribution in [2.45, 2.75) is 31.8 Å². The van der Waals surface area contributed by atoms with E-state index >= 15 is 0 Å². The molecule has 2 heterocycles. The van der Waals surface area contributed by atoms with E-state index in [0.717, 1.165) is 22.8 Å². The topological polar surface area (TPSA) is 114 Å². The number of carbonyl (C=O) groups excluding carboxylic acids is 1. The Morgan fingerprint density at radius 1 is 1.08 bits per heavy atom. The van der Waals surface area contributed by atoms with E-state index in [4.69, 9.17) is 36.1 Å². The van der Waals surface area contributed by atoms with Gasteiger partial charge >= 0.3 is 11.9 Å². The number of anilines is 3. The SMILES string of the molecule is COc1ccc(Nc2nc(-c3ccccc3)cc(N3CCC(OC(=O)CCC(=O)O)CC3)n2)cc1Cl. The fourth-order valence-electron chi connectivity index (χ4n) is 3.94. The molecular weight excluding hydrogens is 484 g/mol. The van der Waals surface area contributed by atoms with Gasteiger partial charge in [0.15, 0.2) is 0 Å². The molecule has 36 heavy (non-hydrogen) atoms. The monoisotopic (exact) mass is 510 g/mol. The molecule has 1 aromatic heterocycles. The fourth-order valence-corrected chi connectivity index (χ4v) is 4.20. The first-order valence-electron chi connectivity index (χ1n) is 11.6. The Hall–Kier alpha value is -3.85. The summed E-state index contributed by atoms with van der Waals surface area (Å²) in [6.45, 7) is 1.27. The molecule has 0 atom stereocenters. The van der Waals surface area contributed by atoms with Gasteiger partial charge in [-0.25, -0.2) is 4.98 Å². The zero-order chi connectivity index (χ0) is 25.5. The smallest absolute Gasteiger partial charge is 0.306 e. The number of nitrogens with zero attached hydrogens (tertiary/aromatic N) is 3. The van der Waals surface area contributed by atoms with Crippen molar-refractivity contribution >= 4 is 41.0 Å². The molecule has 2 N–H and O–H groups in total. The number of ether oxygens (including phenoxy) is 2. The van der Waals surface area contributed by atoms with Gasteiger partial charge in [0.1, 0.15) is 17.7 Å². The molecule has 0 amide bonds. The molecule has 1 aliphatic rings. The van der Waals surface area contributed by atoms with Crippen LogP contribution in [0.2, 0.25) is 5.02 Å². The van der Waals surface area contributed by atoms with Crippen molar-refractivity contribution in [3.05, 3.63) is 59.6 Å². The minimum Gasteiger partial charge on any atom is -0.495 e. The number of methoxy groups -OCH3 is 1. The van der Waals surface area contributed by atoms with Gasteiger partial charge in [-0.2, -0.15) is 4.98 Å². The van der Waals surface area contributed by atoms with E-state index in [1.807, 2.05) is 42.5 Å². The molecule has 0 spiro atoms. The number of aliphatic carboxylic acids is 1. The Morgan fingerprint density at radius 2 is 1.83 bits per heavy atom. The van der Waals surface area contributed by atoms with Crippen LogP contribution in [0.1, 0.15) is 25.7 Å². The standard InChI is InChI=1S/C26H27ClN4O5/c1-35-22-8-7-18(15-20(22)27)28-26-29-21(17-5-3-2-4-6-17)16-23(30-26)31-13-11-19(12-14-31)36-25(34)10-9-24(32)33/h2-8,15-16,19H,9-14H2,1H3,(H,32,33)(H,28,29,30). The van der Waals surface area contributed by atoms with E-state index in [1.165, 1.54) is 0 Å². The second-order valence-corrected chi connectivity index (χ2v) is 8.75. The van der Waals surface area contributed by atoms with Crippen molar-refractivity contribution in [1.82, 2.24) is 9.97 Å². The second-order valence-electron chi connectivity index (χ2n) is 8.35. The van der Waals surface area contributed by atoms with Gasteiger partial charge < -0.3 is 24.8 Å². The van der Waals surface area contributed by atoms with Crippen LogP contribution >= 0.6 is 11.6 Å². The fraction of sp³-hybridized carbons (Fsp3) is 0.308. The number of halogens is 1.